The van der Waals surface area contributed by atoms with Crippen LogP contribution in [-0.4, -0.2) is 35.8 Å². The van der Waals surface area contributed by atoms with Gasteiger partial charge in [-0.05, 0) is 44.7 Å². The molecule has 1 amide bonds. The lowest BCUT2D eigenvalue weighted by molar-refractivity contribution is 0.100. The largest absolute Gasteiger partial charge is 0.365 e. The molecular weight excluding hydrogens is 396 g/mol. The molecule has 0 atom stereocenters. The minimum Gasteiger partial charge on any atom is -0.365 e. The first-order chi connectivity index (χ1) is 12.1. The lowest BCUT2D eigenvalue weighted by atomic mass is 10.2. The molecule has 0 unspecified atom stereocenters. The highest BCUT2D eigenvalue weighted by atomic mass is 35.5. The molecule has 10 heteroatoms. The summed E-state index contributed by atoms with van der Waals surface area (Å²) in [6.45, 7) is 5.00. The summed E-state index contributed by atoms with van der Waals surface area (Å²) in [4.78, 5) is 20.1. The highest BCUT2D eigenvalue weighted by Crippen LogP contribution is 2.31. The van der Waals surface area contributed by atoms with E-state index in [2.05, 4.69) is 15.3 Å². The predicted molar refractivity (Wildman–Crippen MR) is 104 cm³/mol. The van der Waals surface area contributed by atoms with Crippen molar-refractivity contribution in [2.24, 2.45) is 5.73 Å². The molecule has 140 valence electrons. The number of hydrogen-bond acceptors (Lipinski definition) is 7. The van der Waals surface area contributed by atoms with Crippen molar-refractivity contribution in [1.29, 1.82) is 0 Å². The third-order valence-corrected chi connectivity index (χ3v) is 6.60. The van der Waals surface area contributed by atoms with E-state index in [1.165, 1.54) is 11.8 Å². The van der Waals surface area contributed by atoms with Crippen molar-refractivity contribution in [2.75, 3.05) is 11.6 Å². The summed E-state index contributed by atoms with van der Waals surface area (Å²) in [5.74, 6) is -0.753. The monoisotopic (exact) mass is 414 g/mol. The molecule has 3 N–H and O–H groups in total. The molecule has 2 rings (SSSR count). The molecule has 0 aliphatic carbocycles. The van der Waals surface area contributed by atoms with Crippen LogP contribution >= 0.6 is 23.4 Å². The summed E-state index contributed by atoms with van der Waals surface area (Å²) in [7, 11) is -3.57. The van der Waals surface area contributed by atoms with Crippen LogP contribution in [0.1, 0.15) is 29.8 Å². The summed E-state index contributed by atoms with van der Waals surface area (Å²) >= 11 is 7.28. The van der Waals surface area contributed by atoms with E-state index in [9.17, 15) is 13.2 Å². The van der Waals surface area contributed by atoms with Crippen LogP contribution in [0.2, 0.25) is 5.15 Å². The van der Waals surface area contributed by atoms with Crippen LogP contribution in [0, 0.1) is 6.92 Å². The molecule has 0 aliphatic heterocycles. The molecule has 1 aromatic carbocycles. The number of anilines is 2. The number of benzene rings is 1. The molecule has 0 aliphatic rings. The second kappa shape index (κ2) is 7.81. The van der Waals surface area contributed by atoms with Crippen molar-refractivity contribution >= 4 is 50.6 Å². The van der Waals surface area contributed by atoms with Gasteiger partial charge in [0.15, 0.2) is 15.0 Å². The van der Waals surface area contributed by atoms with Gasteiger partial charge < -0.3 is 11.1 Å². The van der Waals surface area contributed by atoms with E-state index >= 15 is 0 Å². The number of carbonyl (C=O) groups is 1. The Morgan fingerprint density at radius 2 is 1.96 bits per heavy atom. The zero-order valence-electron chi connectivity index (χ0n) is 14.7. The normalized spacial score (nSPS) is 11.6. The van der Waals surface area contributed by atoms with E-state index in [0.29, 0.717) is 5.16 Å². The Morgan fingerprint density at radius 3 is 2.50 bits per heavy atom. The van der Waals surface area contributed by atoms with Crippen molar-refractivity contribution in [1.82, 2.24) is 9.97 Å². The number of amides is 1. The summed E-state index contributed by atoms with van der Waals surface area (Å²) < 4.78 is 25.4. The van der Waals surface area contributed by atoms with Gasteiger partial charge in [-0.3, -0.25) is 4.79 Å². The lowest BCUT2D eigenvalue weighted by Gasteiger charge is -2.17. The first kappa shape index (κ1) is 20.5. The van der Waals surface area contributed by atoms with Gasteiger partial charge in [-0.25, -0.2) is 18.4 Å². The Kier molecular flexibility index (Phi) is 6.15. The van der Waals surface area contributed by atoms with Crippen LogP contribution < -0.4 is 11.1 Å². The number of halogens is 1. The number of primary amides is 1. The van der Waals surface area contributed by atoms with E-state index in [-0.39, 0.29) is 27.1 Å². The fourth-order valence-corrected chi connectivity index (χ4v) is 4.13. The maximum absolute atomic E-state index is 12.7. The third kappa shape index (κ3) is 4.11. The number of thioether (sulfide) groups is 1. The van der Waals surface area contributed by atoms with Gasteiger partial charge >= 0.3 is 0 Å². The van der Waals surface area contributed by atoms with Gasteiger partial charge in [0.05, 0.1) is 15.8 Å². The highest BCUT2D eigenvalue weighted by molar-refractivity contribution is 7.98. The van der Waals surface area contributed by atoms with E-state index < -0.39 is 21.0 Å². The number of aromatic nitrogens is 2. The average Bonchev–Trinajstić information content (AvgIpc) is 2.55. The fraction of sp³-hybridized carbons (Fsp3) is 0.312. The number of rotatable bonds is 6. The molecule has 0 bridgehead atoms. The van der Waals surface area contributed by atoms with E-state index in [4.69, 9.17) is 17.3 Å². The summed E-state index contributed by atoms with van der Waals surface area (Å²) in [6.07, 6.45) is 1.75. The molecular formula is C16H19ClN4O3S2. The molecule has 0 fully saturated rings. The molecule has 0 spiro atoms. The number of hydrogen-bond donors (Lipinski definition) is 2. The molecule has 0 saturated heterocycles. The fourth-order valence-electron chi connectivity index (χ4n) is 2.16. The minimum atomic E-state index is -3.57. The smallest absolute Gasteiger partial charge is 0.255 e. The first-order valence-electron chi connectivity index (χ1n) is 7.60. The SMILES string of the molecule is CSc1nc(Cl)c(C(N)=O)c(Nc2ccc(C)cc2S(=O)(=O)C(C)C)n1. The summed E-state index contributed by atoms with van der Waals surface area (Å²) in [6, 6.07) is 4.94. The topological polar surface area (TPSA) is 115 Å². The number of aryl methyl sites for hydroxylation is 1. The van der Waals surface area contributed by atoms with Crippen molar-refractivity contribution < 1.29 is 13.2 Å². The molecule has 0 saturated carbocycles. The average molecular weight is 415 g/mol. The van der Waals surface area contributed by atoms with Gasteiger partial charge in [-0.1, -0.05) is 29.4 Å². The van der Waals surface area contributed by atoms with Gasteiger partial charge in [0.25, 0.3) is 5.91 Å². The number of nitrogens with zero attached hydrogens (tertiary/aromatic N) is 2. The van der Waals surface area contributed by atoms with Crippen LogP contribution in [0.3, 0.4) is 0 Å². The van der Waals surface area contributed by atoms with Crippen LogP contribution in [0.15, 0.2) is 28.3 Å². The molecule has 1 aromatic heterocycles. The minimum absolute atomic E-state index is 0.0610. The van der Waals surface area contributed by atoms with Crippen LogP contribution in [0.25, 0.3) is 0 Å². The number of sulfone groups is 1. The van der Waals surface area contributed by atoms with Crippen LogP contribution in [-0.2, 0) is 9.84 Å². The van der Waals surface area contributed by atoms with Crippen molar-refractivity contribution in [3.63, 3.8) is 0 Å². The van der Waals surface area contributed by atoms with Crippen molar-refractivity contribution in [2.45, 2.75) is 36.1 Å². The Morgan fingerprint density at radius 1 is 1.31 bits per heavy atom. The summed E-state index contributed by atoms with van der Waals surface area (Å²) in [5.41, 5.74) is 6.36. The van der Waals surface area contributed by atoms with Gasteiger partial charge in [-0.2, -0.15) is 0 Å². The zero-order chi connectivity index (χ0) is 19.6. The predicted octanol–water partition coefficient (Wildman–Crippen LogP) is 3.18. The van der Waals surface area contributed by atoms with E-state index in [1.807, 2.05) is 0 Å². The second-order valence-corrected chi connectivity index (χ2v) is 9.41. The first-order valence-corrected chi connectivity index (χ1v) is 10.8. The Balaban J connectivity index is 2.67. The second-order valence-electron chi connectivity index (χ2n) is 5.81. The Hall–Kier alpha value is -1.84. The number of nitrogens with two attached hydrogens (primary N) is 1. The molecule has 0 radical (unpaired) electrons. The molecule has 7 nitrogen and oxygen atoms in total. The Bertz CT molecular complexity index is 962. The van der Waals surface area contributed by atoms with Gasteiger partial charge in [-0.15, -0.1) is 0 Å². The van der Waals surface area contributed by atoms with Gasteiger partial charge in [0, 0.05) is 0 Å². The Labute approximate surface area is 161 Å². The summed E-state index contributed by atoms with van der Waals surface area (Å²) in [5, 5.41) is 2.51. The maximum Gasteiger partial charge on any atom is 0.255 e. The third-order valence-electron chi connectivity index (χ3n) is 3.59. The van der Waals surface area contributed by atoms with Gasteiger partial charge in [0.2, 0.25) is 0 Å². The van der Waals surface area contributed by atoms with Crippen LogP contribution in [0.4, 0.5) is 11.5 Å². The molecule has 1 heterocycles. The number of carbonyl (C=O) groups excluding carboxylic acids is 1. The maximum atomic E-state index is 12.7. The van der Waals surface area contributed by atoms with Crippen molar-refractivity contribution in [3.05, 3.63) is 34.5 Å². The quantitative estimate of drug-likeness (QED) is 0.423. The van der Waals surface area contributed by atoms with E-state index in [1.54, 1.807) is 45.2 Å². The van der Waals surface area contributed by atoms with E-state index in [0.717, 1.165) is 5.56 Å². The number of nitrogens with one attached hydrogen (secondary N) is 1. The van der Waals surface area contributed by atoms with Crippen LogP contribution in [0.5, 0.6) is 0 Å². The zero-order valence-corrected chi connectivity index (χ0v) is 17.1. The van der Waals surface area contributed by atoms with Gasteiger partial charge in [0.1, 0.15) is 16.5 Å². The lowest BCUT2D eigenvalue weighted by Crippen LogP contribution is -2.18. The standard InChI is InChI=1S/C16H19ClN4O3S2/c1-8(2)26(23,24)11-7-9(3)5-6-10(11)19-15-12(14(18)22)13(17)20-16(21-15)25-4/h5-8H,1-4H3,(H2,18,22)(H,19,20,21). The van der Waals surface area contributed by atoms with Crippen molar-refractivity contribution in [3.8, 4) is 0 Å². The molecule has 26 heavy (non-hydrogen) atoms. The molecule has 2 aromatic rings. The highest BCUT2D eigenvalue weighted by Gasteiger charge is 2.25.